The van der Waals surface area contributed by atoms with Crippen LogP contribution in [-0.4, -0.2) is 19.7 Å². The number of hydrogen-bond donors (Lipinski definition) is 0. The largest absolute Gasteiger partial charge is 0.270 e. The van der Waals surface area contributed by atoms with Crippen LogP contribution in [0.1, 0.15) is 46.4 Å². The Morgan fingerprint density at radius 2 is 1.90 bits per heavy atom. The highest BCUT2D eigenvalue weighted by atomic mass is 127. The second-order valence-electron chi connectivity index (χ2n) is 6.05. The summed E-state index contributed by atoms with van der Waals surface area (Å²) in [5, 5.41) is 4.83. The van der Waals surface area contributed by atoms with Crippen LogP contribution in [0.15, 0.2) is 12.4 Å². The molecule has 0 spiro atoms. The summed E-state index contributed by atoms with van der Waals surface area (Å²) in [6.45, 7) is 10.5. The molecule has 0 bridgehead atoms. The summed E-state index contributed by atoms with van der Waals surface area (Å²) in [5.41, 5.74) is 1.78. The molecule has 0 unspecified atom stereocenters. The molecule has 2 aromatic heterocycles. The van der Waals surface area contributed by atoms with Crippen molar-refractivity contribution in [1.29, 1.82) is 0 Å². The van der Waals surface area contributed by atoms with E-state index in [1.165, 1.54) is 0 Å². The van der Waals surface area contributed by atoms with Crippen molar-refractivity contribution in [3.8, 4) is 11.4 Å². The maximum Gasteiger partial charge on any atom is 0.164 e. The molecule has 2 aromatic rings. The molecule has 2 heterocycles. The van der Waals surface area contributed by atoms with Crippen LogP contribution in [0, 0.1) is 3.57 Å². The van der Waals surface area contributed by atoms with E-state index in [2.05, 4.69) is 67.3 Å². The summed E-state index contributed by atoms with van der Waals surface area (Å²) in [5.74, 6) is 0.632. The van der Waals surface area contributed by atoms with Gasteiger partial charge in [-0.25, -0.2) is 9.97 Å². The summed E-state index contributed by atoms with van der Waals surface area (Å²) >= 11 is 8.46. The van der Waals surface area contributed by atoms with E-state index in [4.69, 9.17) is 16.6 Å². The number of rotatable bonds is 2. The average Bonchev–Trinajstić information content (AvgIpc) is 2.80. The van der Waals surface area contributed by atoms with Crippen LogP contribution in [0.4, 0.5) is 0 Å². The Morgan fingerprint density at radius 1 is 1.25 bits per heavy atom. The van der Waals surface area contributed by atoms with Crippen molar-refractivity contribution >= 4 is 34.2 Å². The van der Waals surface area contributed by atoms with Crippen molar-refractivity contribution in [3.63, 3.8) is 0 Å². The molecule has 6 heteroatoms. The summed E-state index contributed by atoms with van der Waals surface area (Å²) in [6.07, 6.45) is 3.74. The van der Waals surface area contributed by atoms with Crippen LogP contribution in [0.3, 0.4) is 0 Å². The normalized spacial score (nSPS) is 12.2. The lowest BCUT2D eigenvalue weighted by atomic mass is 9.92. The molecule has 2 rings (SSSR count). The molecule has 20 heavy (non-hydrogen) atoms. The fraction of sp³-hybridized carbons (Fsp3) is 0.500. The van der Waals surface area contributed by atoms with Crippen LogP contribution in [0.2, 0.25) is 5.15 Å². The van der Waals surface area contributed by atoms with Gasteiger partial charge in [-0.3, -0.25) is 4.68 Å². The van der Waals surface area contributed by atoms with Gasteiger partial charge in [-0.05, 0) is 36.4 Å². The van der Waals surface area contributed by atoms with Gasteiger partial charge in [0.05, 0.1) is 21.0 Å². The summed E-state index contributed by atoms with van der Waals surface area (Å²) < 4.78 is 2.80. The maximum atomic E-state index is 6.26. The highest BCUT2D eigenvalue weighted by Gasteiger charge is 2.23. The van der Waals surface area contributed by atoms with E-state index < -0.39 is 0 Å². The van der Waals surface area contributed by atoms with Gasteiger partial charge in [0.2, 0.25) is 0 Å². The van der Waals surface area contributed by atoms with Crippen LogP contribution in [0.25, 0.3) is 11.4 Å². The molecule has 0 atom stereocenters. The summed E-state index contributed by atoms with van der Waals surface area (Å²) in [4.78, 5) is 9.07. The third kappa shape index (κ3) is 3.14. The van der Waals surface area contributed by atoms with Crippen LogP contribution >= 0.6 is 34.2 Å². The van der Waals surface area contributed by atoms with Gasteiger partial charge in [0.1, 0.15) is 5.15 Å². The molecule has 0 N–H and O–H groups in total. The minimum absolute atomic E-state index is 0.0775. The van der Waals surface area contributed by atoms with Gasteiger partial charge < -0.3 is 0 Å². The van der Waals surface area contributed by atoms with Gasteiger partial charge in [0, 0.05) is 17.7 Å². The molecule has 108 valence electrons. The zero-order chi connectivity index (χ0) is 15.1. The summed E-state index contributed by atoms with van der Waals surface area (Å²) in [6, 6.07) is 0.310. The predicted octanol–water partition coefficient (Wildman–Crippen LogP) is 4.48. The van der Waals surface area contributed by atoms with E-state index in [9.17, 15) is 0 Å². The van der Waals surface area contributed by atoms with Gasteiger partial charge in [-0.15, -0.1) is 0 Å². The zero-order valence-electron chi connectivity index (χ0n) is 12.3. The standard InChI is InChI=1S/C14H18ClIN4/c1-8(2)20-7-9(6-17-20)13-18-11(14(3,4)5)10(16)12(15)19-13/h6-8H,1-5H3. The highest BCUT2D eigenvalue weighted by molar-refractivity contribution is 14.1. The predicted molar refractivity (Wildman–Crippen MR) is 90.1 cm³/mol. The number of halogens is 2. The van der Waals surface area contributed by atoms with Crippen molar-refractivity contribution in [2.75, 3.05) is 0 Å². The Morgan fingerprint density at radius 3 is 2.40 bits per heavy atom. The van der Waals surface area contributed by atoms with E-state index in [-0.39, 0.29) is 5.41 Å². The Labute approximate surface area is 138 Å². The Bertz CT molecular complexity index is 629. The second-order valence-corrected chi connectivity index (χ2v) is 7.49. The van der Waals surface area contributed by atoms with Crippen LogP contribution in [0.5, 0.6) is 0 Å². The van der Waals surface area contributed by atoms with Gasteiger partial charge >= 0.3 is 0 Å². The first-order valence-electron chi connectivity index (χ1n) is 6.48. The smallest absolute Gasteiger partial charge is 0.164 e. The van der Waals surface area contributed by atoms with Crippen LogP contribution < -0.4 is 0 Å². The third-order valence-corrected chi connectivity index (χ3v) is 4.52. The molecule has 0 aliphatic carbocycles. The average molecular weight is 405 g/mol. The fourth-order valence-electron chi connectivity index (χ4n) is 1.78. The van der Waals surface area contributed by atoms with Crippen LogP contribution in [-0.2, 0) is 5.41 Å². The molecule has 0 saturated carbocycles. The first-order chi connectivity index (χ1) is 9.20. The minimum Gasteiger partial charge on any atom is -0.270 e. The molecule has 0 amide bonds. The van der Waals surface area contributed by atoms with Crippen molar-refractivity contribution in [1.82, 2.24) is 19.7 Å². The zero-order valence-corrected chi connectivity index (χ0v) is 15.2. The topological polar surface area (TPSA) is 43.6 Å². The molecule has 0 aromatic carbocycles. The number of aromatic nitrogens is 4. The van der Waals surface area contributed by atoms with E-state index in [1.807, 2.05) is 10.9 Å². The lowest BCUT2D eigenvalue weighted by molar-refractivity contribution is 0.532. The van der Waals surface area contributed by atoms with E-state index in [0.717, 1.165) is 14.8 Å². The third-order valence-electron chi connectivity index (χ3n) is 2.91. The highest BCUT2D eigenvalue weighted by Crippen LogP contribution is 2.31. The van der Waals surface area contributed by atoms with Crippen molar-refractivity contribution in [2.24, 2.45) is 0 Å². The molecule has 0 radical (unpaired) electrons. The molecular weight excluding hydrogens is 387 g/mol. The van der Waals surface area contributed by atoms with Crippen molar-refractivity contribution in [2.45, 2.75) is 46.1 Å². The van der Waals surface area contributed by atoms with Crippen molar-refractivity contribution in [3.05, 3.63) is 26.8 Å². The maximum absolute atomic E-state index is 6.26. The molecule has 0 aliphatic heterocycles. The molecule has 0 fully saturated rings. The Hall–Kier alpha value is -0.690. The molecule has 4 nitrogen and oxygen atoms in total. The van der Waals surface area contributed by atoms with Gasteiger partial charge in [0.25, 0.3) is 0 Å². The summed E-state index contributed by atoms with van der Waals surface area (Å²) in [7, 11) is 0. The van der Waals surface area contributed by atoms with Gasteiger partial charge in [0.15, 0.2) is 5.82 Å². The Kier molecular flexibility index (Phi) is 4.39. The quantitative estimate of drug-likeness (QED) is 0.548. The van der Waals surface area contributed by atoms with Crippen molar-refractivity contribution < 1.29 is 0 Å². The minimum atomic E-state index is -0.0775. The van der Waals surface area contributed by atoms with Gasteiger partial charge in [-0.1, -0.05) is 32.4 Å². The van der Waals surface area contributed by atoms with Gasteiger partial charge in [-0.2, -0.15) is 5.10 Å². The first-order valence-corrected chi connectivity index (χ1v) is 7.94. The molecule has 0 saturated heterocycles. The van der Waals surface area contributed by atoms with E-state index >= 15 is 0 Å². The lowest BCUT2D eigenvalue weighted by Crippen LogP contribution is -2.17. The Balaban J connectivity index is 2.54. The molecular formula is C14H18ClIN4. The fourth-order valence-corrected chi connectivity index (χ4v) is 3.00. The second kappa shape index (κ2) is 5.60. The first kappa shape index (κ1) is 15.7. The number of hydrogen-bond acceptors (Lipinski definition) is 3. The lowest BCUT2D eigenvalue weighted by Gasteiger charge is -2.20. The SMILES string of the molecule is CC(C)n1cc(-c2nc(Cl)c(I)c(C(C)(C)C)n2)cn1. The van der Waals surface area contributed by atoms with E-state index in [1.54, 1.807) is 6.20 Å². The monoisotopic (exact) mass is 404 g/mol. The van der Waals surface area contributed by atoms with E-state index in [0.29, 0.717) is 17.0 Å². The number of nitrogens with zero attached hydrogens (tertiary/aromatic N) is 4. The molecule has 0 aliphatic rings.